The van der Waals surface area contributed by atoms with Gasteiger partial charge in [-0.3, -0.25) is 4.79 Å². The highest BCUT2D eigenvalue weighted by atomic mass is 32.1. The van der Waals surface area contributed by atoms with E-state index in [-0.39, 0.29) is 5.91 Å². The largest absolute Gasteiger partial charge is 0.352 e. The number of carbonyl (C=O) groups is 1. The van der Waals surface area contributed by atoms with Gasteiger partial charge in [-0.15, -0.1) is 17.7 Å². The topological polar surface area (TPSA) is 72.7 Å². The van der Waals surface area contributed by atoms with Crippen molar-refractivity contribution in [2.45, 2.75) is 12.1 Å². The van der Waals surface area contributed by atoms with Crippen LogP contribution >= 0.6 is 12.6 Å². The van der Waals surface area contributed by atoms with Gasteiger partial charge in [0.2, 0.25) is 5.16 Å². The van der Waals surface area contributed by atoms with Crippen molar-refractivity contribution in [1.82, 2.24) is 25.5 Å². The van der Waals surface area contributed by atoms with E-state index in [1.165, 1.54) is 4.68 Å². The third-order valence-electron chi connectivity index (χ3n) is 2.14. The molecule has 1 N–H and O–H groups in total. The predicted molar refractivity (Wildman–Crippen MR) is 64.4 cm³/mol. The molecule has 17 heavy (non-hydrogen) atoms. The van der Waals surface area contributed by atoms with Crippen LogP contribution in [0.3, 0.4) is 0 Å². The van der Waals surface area contributed by atoms with Crippen LogP contribution in [0, 0.1) is 0 Å². The van der Waals surface area contributed by atoms with Crippen molar-refractivity contribution in [3.63, 3.8) is 0 Å². The maximum Gasteiger partial charge on any atom is 0.251 e. The van der Waals surface area contributed by atoms with E-state index in [1.807, 2.05) is 6.92 Å². The highest BCUT2D eigenvalue weighted by Gasteiger charge is 2.08. The summed E-state index contributed by atoms with van der Waals surface area (Å²) in [6.07, 6.45) is 0. The van der Waals surface area contributed by atoms with Gasteiger partial charge in [0.25, 0.3) is 5.91 Å². The average molecular weight is 249 g/mol. The summed E-state index contributed by atoms with van der Waals surface area (Å²) < 4.78 is 1.45. The summed E-state index contributed by atoms with van der Waals surface area (Å²) in [5, 5.41) is 14.0. The van der Waals surface area contributed by atoms with Crippen molar-refractivity contribution in [3.8, 4) is 5.69 Å². The Morgan fingerprint density at radius 3 is 3.00 bits per heavy atom. The molecule has 0 saturated heterocycles. The molecule has 0 aliphatic heterocycles. The fourth-order valence-electron chi connectivity index (χ4n) is 1.39. The zero-order valence-electron chi connectivity index (χ0n) is 9.16. The smallest absolute Gasteiger partial charge is 0.251 e. The standard InChI is InChI=1S/C10H11N5OS/c1-2-11-9(16)7-4-3-5-8(6-7)15-10(17)12-13-14-15/h3-6H,2H2,1H3,(H,11,16)(H,12,14,17). The Balaban J connectivity index is 2.35. The number of aromatic nitrogens is 4. The van der Waals surface area contributed by atoms with Gasteiger partial charge in [0.05, 0.1) is 5.69 Å². The summed E-state index contributed by atoms with van der Waals surface area (Å²) in [6, 6.07) is 7.02. The summed E-state index contributed by atoms with van der Waals surface area (Å²) in [5.41, 5.74) is 1.26. The average Bonchev–Trinajstić information content (AvgIpc) is 2.76. The molecule has 0 radical (unpaired) electrons. The molecule has 0 aliphatic rings. The fourth-order valence-corrected chi connectivity index (χ4v) is 1.59. The molecule has 0 bridgehead atoms. The second-order valence-electron chi connectivity index (χ2n) is 3.30. The first kappa shape index (κ1) is 11.6. The Morgan fingerprint density at radius 2 is 2.35 bits per heavy atom. The molecule has 0 fully saturated rings. The number of amides is 1. The van der Waals surface area contributed by atoms with E-state index >= 15 is 0 Å². The first-order valence-corrected chi connectivity index (χ1v) is 5.53. The van der Waals surface area contributed by atoms with Crippen LogP contribution in [0.25, 0.3) is 5.69 Å². The van der Waals surface area contributed by atoms with Crippen LogP contribution in [0.15, 0.2) is 29.4 Å². The third-order valence-corrected chi connectivity index (χ3v) is 2.42. The minimum absolute atomic E-state index is 0.122. The van der Waals surface area contributed by atoms with Gasteiger partial charge in [0.15, 0.2) is 0 Å². The Morgan fingerprint density at radius 1 is 1.53 bits per heavy atom. The van der Waals surface area contributed by atoms with Crippen molar-refractivity contribution in [3.05, 3.63) is 29.8 Å². The molecule has 1 amide bonds. The molecule has 2 aromatic rings. The Labute approximate surface area is 103 Å². The van der Waals surface area contributed by atoms with Crippen LogP contribution in [-0.4, -0.2) is 32.7 Å². The van der Waals surface area contributed by atoms with Gasteiger partial charge in [0.1, 0.15) is 0 Å². The summed E-state index contributed by atoms with van der Waals surface area (Å²) in [5.74, 6) is -0.122. The Kier molecular flexibility index (Phi) is 3.38. The van der Waals surface area contributed by atoms with Gasteiger partial charge in [0, 0.05) is 12.1 Å². The summed E-state index contributed by atoms with van der Waals surface area (Å²) in [7, 11) is 0. The van der Waals surface area contributed by atoms with Crippen molar-refractivity contribution in [2.75, 3.05) is 6.54 Å². The molecule has 1 aromatic heterocycles. The predicted octanol–water partition coefficient (Wildman–Crippen LogP) is 0.701. The van der Waals surface area contributed by atoms with Crippen molar-refractivity contribution >= 4 is 18.5 Å². The maximum atomic E-state index is 11.7. The lowest BCUT2D eigenvalue weighted by molar-refractivity contribution is 0.0956. The first-order chi connectivity index (χ1) is 8.22. The molecule has 0 saturated carbocycles. The minimum Gasteiger partial charge on any atom is -0.352 e. The van der Waals surface area contributed by atoms with Gasteiger partial charge in [-0.2, -0.15) is 4.68 Å². The SMILES string of the molecule is CCNC(=O)c1cccc(-n2nnnc2S)c1. The van der Waals surface area contributed by atoms with Gasteiger partial charge in [-0.05, 0) is 35.5 Å². The van der Waals surface area contributed by atoms with E-state index in [0.29, 0.717) is 23.0 Å². The first-order valence-electron chi connectivity index (χ1n) is 5.08. The summed E-state index contributed by atoms with van der Waals surface area (Å²) >= 11 is 4.11. The Hall–Kier alpha value is -1.89. The number of carbonyl (C=O) groups excluding carboxylic acids is 1. The highest BCUT2D eigenvalue weighted by Crippen LogP contribution is 2.12. The van der Waals surface area contributed by atoms with Crippen LogP contribution in [-0.2, 0) is 0 Å². The van der Waals surface area contributed by atoms with E-state index < -0.39 is 0 Å². The van der Waals surface area contributed by atoms with Crippen LogP contribution < -0.4 is 5.32 Å². The number of nitrogens with one attached hydrogen (secondary N) is 1. The van der Waals surface area contributed by atoms with E-state index in [1.54, 1.807) is 24.3 Å². The van der Waals surface area contributed by atoms with Crippen molar-refractivity contribution in [2.24, 2.45) is 0 Å². The molecule has 0 unspecified atom stereocenters. The summed E-state index contributed by atoms with van der Waals surface area (Å²) in [6.45, 7) is 2.46. The van der Waals surface area contributed by atoms with E-state index in [4.69, 9.17) is 0 Å². The Bertz CT molecular complexity index is 539. The number of hydrogen-bond donors (Lipinski definition) is 2. The van der Waals surface area contributed by atoms with Crippen LogP contribution in [0.4, 0.5) is 0 Å². The normalized spacial score (nSPS) is 10.2. The van der Waals surface area contributed by atoms with Crippen molar-refractivity contribution < 1.29 is 4.79 Å². The second-order valence-corrected chi connectivity index (χ2v) is 3.70. The highest BCUT2D eigenvalue weighted by molar-refractivity contribution is 7.80. The molecule has 0 atom stereocenters. The lowest BCUT2D eigenvalue weighted by Gasteiger charge is -2.05. The van der Waals surface area contributed by atoms with Gasteiger partial charge >= 0.3 is 0 Å². The monoisotopic (exact) mass is 249 g/mol. The molecular weight excluding hydrogens is 238 g/mol. The van der Waals surface area contributed by atoms with Crippen molar-refractivity contribution in [1.29, 1.82) is 0 Å². The van der Waals surface area contributed by atoms with Gasteiger partial charge in [-0.25, -0.2) is 0 Å². The second kappa shape index (κ2) is 4.96. The zero-order chi connectivity index (χ0) is 12.3. The number of benzene rings is 1. The number of rotatable bonds is 3. The lowest BCUT2D eigenvalue weighted by atomic mass is 10.2. The van der Waals surface area contributed by atoms with Gasteiger partial charge in [-0.1, -0.05) is 6.07 Å². The number of nitrogens with zero attached hydrogens (tertiary/aromatic N) is 4. The van der Waals surface area contributed by atoms with E-state index in [0.717, 1.165) is 0 Å². The van der Waals surface area contributed by atoms with Crippen LogP contribution in [0.1, 0.15) is 17.3 Å². The lowest BCUT2D eigenvalue weighted by Crippen LogP contribution is -2.22. The quantitative estimate of drug-likeness (QED) is 0.785. The molecule has 0 aliphatic carbocycles. The van der Waals surface area contributed by atoms with E-state index in [2.05, 4.69) is 33.5 Å². The zero-order valence-corrected chi connectivity index (χ0v) is 10.1. The third kappa shape index (κ3) is 2.44. The molecule has 1 heterocycles. The molecule has 7 heteroatoms. The molecule has 0 spiro atoms. The molecule has 6 nitrogen and oxygen atoms in total. The molecule has 2 rings (SSSR count). The number of thiol groups is 1. The fraction of sp³-hybridized carbons (Fsp3) is 0.200. The molecular formula is C10H11N5OS. The maximum absolute atomic E-state index is 11.7. The number of hydrogen-bond acceptors (Lipinski definition) is 5. The van der Waals surface area contributed by atoms with Crippen LogP contribution in [0.2, 0.25) is 0 Å². The molecule has 88 valence electrons. The minimum atomic E-state index is -0.122. The van der Waals surface area contributed by atoms with Gasteiger partial charge < -0.3 is 5.32 Å². The molecule has 1 aromatic carbocycles. The van der Waals surface area contributed by atoms with Crippen LogP contribution in [0.5, 0.6) is 0 Å². The van der Waals surface area contributed by atoms with E-state index in [9.17, 15) is 4.79 Å². The number of tetrazole rings is 1. The summed E-state index contributed by atoms with van der Waals surface area (Å²) in [4.78, 5) is 11.7.